The van der Waals surface area contributed by atoms with E-state index in [1.807, 2.05) is 4.90 Å². The van der Waals surface area contributed by atoms with Gasteiger partial charge < -0.3 is 19.5 Å². The fourth-order valence-corrected chi connectivity index (χ4v) is 2.76. The molecule has 1 atom stereocenters. The summed E-state index contributed by atoms with van der Waals surface area (Å²) in [7, 11) is 0. The van der Waals surface area contributed by atoms with Gasteiger partial charge >= 0.3 is 0 Å². The Balaban J connectivity index is 1.76. The van der Waals surface area contributed by atoms with Crippen LogP contribution < -0.4 is 9.47 Å². The van der Waals surface area contributed by atoms with Crippen LogP contribution in [-0.4, -0.2) is 48.8 Å². The third-order valence-corrected chi connectivity index (χ3v) is 3.85. The van der Waals surface area contributed by atoms with E-state index in [0.29, 0.717) is 36.8 Å². The minimum atomic E-state index is 0.000114. The van der Waals surface area contributed by atoms with Gasteiger partial charge in [-0.1, -0.05) is 0 Å². The minimum Gasteiger partial charge on any atom is -0.486 e. The molecule has 2 aliphatic heterocycles. The zero-order valence-corrected chi connectivity index (χ0v) is 11.4. The molecule has 1 N–H and O–H groups in total. The van der Waals surface area contributed by atoms with Crippen molar-refractivity contribution in [3.63, 3.8) is 0 Å². The van der Waals surface area contributed by atoms with Crippen LogP contribution in [0, 0.1) is 5.92 Å². The van der Waals surface area contributed by atoms with Crippen LogP contribution in [0.15, 0.2) is 18.2 Å². The van der Waals surface area contributed by atoms with Gasteiger partial charge in [0.25, 0.3) is 5.91 Å². The number of hydrogen-bond donors (Lipinski definition) is 1. The summed E-state index contributed by atoms with van der Waals surface area (Å²) in [6.45, 7) is 2.59. The van der Waals surface area contributed by atoms with Crippen LogP contribution in [0.3, 0.4) is 0 Å². The first-order valence-electron chi connectivity index (χ1n) is 7.07. The van der Waals surface area contributed by atoms with Crippen molar-refractivity contribution < 1.29 is 19.4 Å². The average molecular weight is 277 g/mol. The topological polar surface area (TPSA) is 59.0 Å². The number of rotatable bonds is 2. The van der Waals surface area contributed by atoms with Gasteiger partial charge in [0, 0.05) is 25.3 Å². The molecular formula is C15H19NO4. The van der Waals surface area contributed by atoms with Crippen LogP contribution in [0.25, 0.3) is 0 Å². The third kappa shape index (κ3) is 2.58. The Morgan fingerprint density at radius 1 is 1.30 bits per heavy atom. The second-order valence-corrected chi connectivity index (χ2v) is 5.30. The van der Waals surface area contributed by atoms with Gasteiger partial charge in [-0.15, -0.1) is 0 Å². The minimum absolute atomic E-state index is 0.000114. The van der Waals surface area contributed by atoms with E-state index < -0.39 is 0 Å². The van der Waals surface area contributed by atoms with Crippen LogP contribution >= 0.6 is 0 Å². The van der Waals surface area contributed by atoms with Crippen LogP contribution in [0.4, 0.5) is 0 Å². The fourth-order valence-electron chi connectivity index (χ4n) is 2.76. The van der Waals surface area contributed by atoms with Crippen LogP contribution in [0.5, 0.6) is 11.5 Å². The van der Waals surface area contributed by atoms with E-state index in [1.165, 1.54) is 0 Å². The van der Waals surface area contributed by atoms with E-state index in [4.69, 9.17) is 9.47 Å². The lowest BCUT2D eigenvalue weighted by atomic mass is 9.98. The predicted molar refractivity (Wildman–Crippen MR) is 73.1 cm³/mol. The molecule has 108 valence electrons. The van der Waals surface area contributed by atoms with E-state index >= 15 is 0 Å². The van der Waals surface area contributed by atoms with Gasteiger partial charge in [0.05, 0.1) is 0 Å². The molecule has 1 aromatic rings. The maximum atomic E-state index is 12.5. The van der Waals surface area contributed by atoms with Gasteiger partial charge in [-0.2, -0.15) is 0 Å². The normalized spacial score (nSPS) is 21.6. The first-order chi connectivity index (χ1) is 9.78. The second-order valence-electron chi connectivity index (χ2n) is 5.30. The zero-order valence-electron chi connectivity index (χ0n) is 11.4. The Kier molecular flexibility index (Phi) is 3.78. The monoisotopic (exact) mass is 277 g/mol. The van der Waals surface area contributed by atoms with E-state index in [2.05, 4.69) is 0 Å². The zero-order chi connectivity index (χ0) is 13.9. The van der Waals surface area contributed by atoms with Crippen molar-refractivity contribution in [2.45, 2.75) is 12.8 Å². The molecule has 1 aromatic carbocycles. The van der Waals surface area contributed by atoms with Crippen LogP contribution in [0.1, 0.15) is 23.2 Å². The lowest BCUT2D eigenvalue weighted by Gasteiger charge is -2.32. The van der Waals surface area contributed by atoms with Crippen LogP contribution in [0.2, 0.25) is 0 Å². The number of nitrogens with zero attached hydrogens (tertiary/aromatic N) is 1. The fraction of sp³-hybridized carbons (Fsp3) is 0.533. The molecule has 0 aromatic heterocycles. The number of likely N-dealkylation sites (tertiary alicyclic amines) is 1. The maximum Gasteiger partial charge on any atom is 0.254 e. The highest BCUT2D eigenvalue weighted by atomic mass is 16.6. The molecule has 20 heavy (non-hydrogen) atoms. The van der Waals surface area contributed by atoms with E-state index in [0.717, 1.165) is 19.4 Å². The Bertz CT molecular complexity index is 503. The van der Waals surface area contributed by atoms with Gasteiger partial charge in [0.1, 0.15) is 13.2 Å². The first-order valence-corrected chi connectivity index (χ1v) is 7.07. The highest BCUT2D eigenvalue weighted by molar-refractivity contribution is 5.95. The Morgan fingerprint density at radius 2 is 2.10 bits per heavy atom. The van der Waals surface area contributed by atoms with E-state index in [1.54, 1.807) is 18.2 Å². The summed E-state index contributed by atoms with van der Waals surface area (Å²) in [5.74, 6) is 1.53. The van der Waals surface area contributed by atoms with Crippen molar-refractivity contribution in [2.75, 3.05) is 32.9 Å². The van der Waals surface area contributed by atoms with Gasteiger partial charge in [0.15, 0.2) is 11.5 Å². The number of carbonyl (C=O) groups excluding carboxylic acids is 1. The molecule has 0 spiro atoms. The van der Waals surface area contributed by atoms with Crippen molar-refractivity contribution in [2.24, 2.45) is 5.92 Å². The molecule has 0 saturated carbocycles. The lowest BCUT2D eigenvalue weighted by molar-refractivity contribution is 0.0619. The Morgan fingerprint density at radius 3 is 2.90 bits per heavy atom. The average Bonchev–Trinajstić information content (AvgIpc) is 2.53. The molecular weight excluding hydrogens is 258 g/mol. The van der Waals surface area contributed by atoms with Gasteiger partial charge in [-0.05, 0) is 37.0 Å². The highest BCUT2D eigenvalue weighted by Gasteiger charge is 2.25. The summed E-state index contributed by atoms with van der Waals surface area (Å²) in [5.41, 5.74) is 0.618. The summed E-state index contributed by atoms with van der Waals surface area (Å²) in [5, 5.41) is 9.24. The summed E-state index contributed by atoms with van der Waals surface area (Å²) in [6.07, 6.45) is 1.93. The number of hydrogen-bond acceptors (Lipinski definition) is 4. The highest BCUT2D eigenvalue weighted by Crippen LogP contribution is 2.31. The number of benzene rings is 1. The number of carbonyl (C=O) groups is 1. The molecule has 0 bridgehead atoms. The number of amides is 1. The predicted octanol–water partition coefficient (Wildman–Crippen LogP) is 1.30. The Labute approximate surface area is 118 Å². The SMILES string of the molecule is O=C(c1ccc2c(c1)OCCO2)N1CCC[C@@H](CO)C1. The molecule has 5 nitrogen and oxygen atoms in total. The molecule has 3 rings (SSSR count). The van der Waals surface area contributed by atoms with Gasteiger partial charge in [-0.3, -0.25) is 4.79 Å². The number of piperidine rings is 1. The Hall–Kier alpha value is -1.75. The maximum absolute atomic E-state index is 12.5. The molecule has 2 heterocycles. The van der Waals surface area contributed by atoms with Crippen molar-refractivity contribution in [3.05, 3.63) is 23.8 Å². The standard InChI is InChI=1S/C15H19NO4/c17-10-11-2-1-5-16(9-11)15(18)12-3-4-13-14(8-12)20-7-6-19-13/h3-4,8,11,17H,1-2,5-7,9-10H2/t11-/m1/s1. The van der Waals surface area contributed by atoms with Crippen LogP contribution in [-0.2, 0) is 0 Å². The number of aliphatic hydroxyl groups is 1. The number of fused-ring (bicyclic) bond motifs is 1. The number of aliphatic hydroxyl groups excluding tert-OH is 1. The van der Waals surface area contributed by atoms with Gasteiger partial charge in [0.2, 0.25) is 0 Å². The first kappa shape index (κ1) is 13.2. The van der Waals surface area contributed by atoms with Crippen molar-refractivity contribution in [1.82, 2.24) is 4.90 Å². The second kappa shape index (κ2) is 5.71. The summed E-state index contributed by atoms with van der Waals surface area (Å²) in [4.78, 5) is 14.3. The molecule has 0 radical (unpaired) electrons. The van der Waals surface area contributed by atoms with Gasteiger partial charge in [-0.25, -0.2) is 0 Å². The quantitative estimate of drug-likeness (QED) is 0.885. The molecule has 1 amide bonds. The van der Waals surface area contributed by atoms with Crippen molar-refractivity contribution >= 4 is 5.91 Å². The largest absolute Gasteiger partial charge is 0.486 e. The lowest BCUT2D eigenvalue weighted by Crippen LogP contribution is -2.40. The molecule has 5 heteroatoms. The van der Waals surface area contributed by atoms with Crippen molar-refractivity contribution in [3.8, 4) is 11.5 Å². The van der Waals surface area contributed by atoms with Crippen molar-refractivity contribution in [1.29, 1.82) is 0 Å². The van der Waals surface area contributed by atoms with E-state index in [9.17, 15) is 9.90 Å². The smallest absolute Gasteiger partial charge is 0.254 e. The van der Waals surface area contributed by atoms with E-state index in [-0.39, 0.29) is 18.4 Å². The molecule has 0 aliphatic carbocycles. The molecule has 0 unspecified atom stereocenters. The molecule has 1 fully saturated rings. The summed E-state index contributed by atoms with van der Waals surface area (Å²) >= 11 is 0. The molecule has 1 saturated heterocycles. The third-order valence-electron chi connectivity index (χ3n) is 3.85. The number of ether oxygens (including phenoxy) is 2. The summed E-state index contributed by atoms with van der Waals surface area (Å²) in [6, 6.07) is 5.31. The summed E-state index contributed by atoms with van der Waals surface area (Å²) < 4.78 is 11.0. The molecule has 2 aliphatic rings.